The molecule has 1 rings (SSSR count). The van der Waals surface area contributed by atoms with Crippen LogP contribution in [0.5, 0.6) is 0 Å². The zero-order valence-electron chi connectivity index (χ0n) is 7.54. The van der Waals surface area contributed by atoms with Gasteiger partial charge in [-0.2, -0.15) is 5.26 Å². The number of hydrogen-bond donors (Lipinski definition) is 0. The molecule has 0 atom stereocenters. The van der Waals surface area contributed by atoms with Crippen LogP contribution in [-0.4, -0.2) is 12.0 Å². The molecule has 0 bridgehead atoms. The summed E-state index contributed by atoms with van der Waals surface area (Å²) in [5, 5.41) is 8.41. The van der Waals surface area contributed by atoms with Crippen LogP contribution in [0.15, 0.2) is 18.3 Å². The normalized spacial score (nSPS) is 10.1. The molecule has 0 aliphatic carbocycles. The minimum Gasteiger partial charge on any atom is -0.449 e. The molecule has 0 unspecified atom stereocenters. The van der Waals surface area contributed by atoms with Crippen LogP contribution in [0.3, 0.4) is 0 Å². The van der Waals surface area contributed by atoms with Crippen LogP contribution >= 0.6 is 0 Å². The van der Waals surface area contributed by atoms with Gasteiger partial charge in [-0.15, -0.1) is 0 Å². The van der Waals surface area contributed by atoms with Gasteiger partial charge in [-0.3, -0.25) is 4.98 Å². The first-order valence-corrected chi connectivity index (χ1v) is 3.57. The van der Waals surface area contributed by atoms with E-state index in [-0.39, 0.29) is 62.6 Å². The minimum atomic E-state index is -4.87. The van der Waals surface area contributed by atoms with Gasteiger partial charge in [0.25, 0.3) is 0 Å². The van der Waals surface area contributed by atoms with Crippen molar-refractivity contribution in [2.45, 2.75) is 6.32 Å². The predicted octanol–water partition coefficient (Wildman–Crippen LogP) is -1.11. The Morgan fingerprint density at radius 2 is 2.07 bits per heavy atom. The predicted molar refractivity (Wildman–Crippen MR) is 41.7 cm³/mol. The van der Waals surface area contributed by atoms with Gasteiger partial charge in [0.2, 0.25) is 0 Å². The van der Waals surface area contributed by atoms with Gasteiger partial charge in [-0.1, -0.05) is 0 Å². The Hall–Kier alpha value is 0.131. The number of pyridine rings is 1. The van der Waals surface area contributed by atoms with Crippen LogP contribution in [0.2, 0.25) is 0 Å². The van der Waals surface area contributed by atoms with E-state index in [0.717, 1.165) is 6.07 Å². The van der Waals surface area contributed by atoms with E-state index in [1.807, 2.05) is 0 Å². The first kappa shape index (κ1) is 14.1. The summed E-state index contributed by atoms with van der Waals surface area (Å²) < 4.78 is 35.7. The Kier molecular flexibility index (Phi) is 5.93. The largest absolute Gasteiger partial charge is 1.00 e. The third kappa shape index (κ3) is 5.12. The molecule has 0 fully saturated rings. The zero-order chi connectivity index (χ0) is 9.90. The maximum Gasteiger partial charge on any atom is 1.00 e. The van der Waals surface area contributed by atoms with Crippen molar-refractivity contribution in [3.05, 3.63) is 29.6 Å². The monoisotopic (exact) mass is 224 g/mol. The molecule has 7 heteroatoms. The van der Waals surface area contributed by atoms with Gasteiger partial charge in [0.1, 0.15) is 0 Å². The molecule has 0 N–H and O–H groups in total. The summed E-state index contributed by atoms with van der Waals surface area (Å²) in [7, 11) is 0. The van der Waals surface area contributed by atoms with Gasteiger partial charge in [0.05, 0.1) is 11.6 Å². The van der Waals surface area contributed by atoms with E-state index in [4.69, 9.17) is 5.26 Å². The van der Waals surface area contributed by atoms with E-state index in [2.05, 4.69) is 4.98 Å². The van der Waals surface area contributed by atoms with E-state index in [9.17, 15) is 12.9 Å². The molecule has 2 nitrogen and oxygen atoms in total. The molecule has 0 saturated carbocycles. The molecule has 0 saturated heterocycles. The number of aromatic nitrogens is 1. The summed E-state index contributed by atoms with van der Waals surface area (Å²) in [6, 6.07) is 4.27. The van der Waals surface area contributed by atoms with Crippen LogP contribution in [0.4, 0.5) is 12.9 Å². The van der Waals surface area contributed by atoms with E-state index in [1.54, 1.807) is 6.07 Å². The molecule has 0 radical (unpaired) electrons. The molecule has 0 aliphatic heterocycles. The fourth-order valence-electron chi connectivity index (χ4n) is 0.896. The topological polar surface area (TPSA) is 36.7 Å². The van der Waals surface area contributed by atoms with E-state index >= 15 is 0 Å². The average Bonchev–Trinajstić information content (AvgIpc) is 2.01. The molecule has 0 amide bonds. The van der Waals surface area contributed by atoms with E-state index < -0.39 is 13.3 Å². The molecule has 1 heterocycles. The Bertz CT molecular complexity index is 348. The third-order valence-electron chi connectivity index (χ3n) is 1.39. The van der Waals surface area contributed by atoms with Gasteiger partial charge >= 0.3 is 58.4 Å². The third-order valence-corrected chi connectivity index (χ3v) is 1.39. The summed E-state index contributed by atoms with van der Waals surface area (Å²) >= 11 is 0. The summed E-state index contributed by atoms with van der Waals surface area (Å²) in [5.74, 6) is 0. The number of hydrogen-bond acceptors (Lipinski definition) is 2. The smallest absolute Gasteiger partial charge is 0.449 e. The van der Waals surface area contributed by atoms with Crippen molar-refractivity contribution in [2.24, 2.45) is 0 Å². The Morgan fingerprint density at radius 3 is 2.57 bits per heavy atom. The van der Waals surface area contributed by atoms with E-state index in [0.29, 0.717) is 0 Å². The molecule has 68 valence electrons. The van der Waals surface area contributed by atoms with Crippen molar-refractivity contribution in [3.63, 3.8) is 0 Å². The quantitative estimate of drug-likeness (QED) is 0.597. The van der Waals surface area contributed by atoms with Crippen LogP contribution in [-0.2, 0) is 6.32 Å². The van der Waals surface area contributed by atoms with E-state index in [1.165, 1.54) is 12.3 Å². The molecular weight excluding hydrogens is 219 g/mol. The molecule has 0 spiro atoms. The van der Waals surface area contributed by atoms with Gasteiger partial charge in [0, 0.05) is 11.9 Å². The fourth-order valence-corrected chi connectivity index (χ4v) is 0.896. The van der Waals surface area contributed by atoms with Crippen molar-refractivity contribution in [1.29, 1.82) is 5.26 Å². The Morgan fingerprint density at radius 1 is 1.43 bits per heavy atom. The SMILES string of the molecule is N#Cc1ccnc(C[B-](F)(F)F)c1.[K+]. The molecular formula is C7H5BF3KN2. The first-order valence-electron chi connectivity index (χ1n) is 3.57. The van der Waals surface area contributed by atoms with Crippen LogP contribution in [0.1, 0.15) is 11.3 Å². The maximum absolute atomic E-state index is 11.9. The zero-order valence-corrected chi connectivity index (χ0v) is 10.7. The summed E-state index contributed by atoms with van der Waals surface area (Å²) in [5.41, 5.74) is 0.0941. The van der Waals surface area contributed by atoms with Crippen molar-refractivity contribution in [1.82, 2.24) is 4.98 Å². The molecule has 14 heavy (non-hydrogen) atoms. The van der Waals surface area contributed by atoms with Crippen molar-refractivity contribution < 1.29 is 64.3 Å². The van der Waals surface area contributed by atoms with Gasteiger partial charge in [-0.05, 0) is 18.5 Å². The number of nitriles is 1. The second kappa shape index (κ2) is 5.88. The van der Waals surface area contributed by atoms with Crippen LogP contribution in [0.25, 0.3) is 0 Å². The van der Waals surface area contributed by atoms with Gasteiger partial charge in [0.15, 0.2) is 0 Å². The van der Waals surface area contributed by atoms with Crippen molar-refractivity contribution in [3.8, 4) is 6.07 Å². The maximum atomic E-state index is 11.9. The average molecular weight is 224 g/mol. The molecule has 0 aliphatic rings. The minimum absolute atomic E-state index is 0. The molecule has 1 aromatic heterocycles. The van der Waals surface area contributed by atoms with Crippen LogP contribution in [0, 0.1) is 11.3 Å². The number of rotatable bonds is 2. The van der Waals surface area contributed by atoms with Crippen LogP contribution < -0.4 is 51.4 Å². The summed E-state index contributed by atoms with van der Waals surface area (Å²) in [6.07, 6.45) is 0.172. The molecule has 1 aromatic rings. The second-order valence-corrected chi connectivity index (χ2v) is 2.56. The Labute approximate surface area is 122 Å². The van der Waals surface area contributed by atoms with Crippen molar-refractivity contribution >= 4 is 6.98 Å². The standard InChI is InChI=1S/C7H5BF3N2.K/c9-8(10,11)4-7-3-6(5-12)1-2-13-7;/h1-3H,4H2;/q-1;+1. The second-order valence-electron chi connectivity index (χ2n) is 2.56. The van der Waals surface area contributed by atoms with Gasteiger partial charge in [-0.25, -0.2) is 0 Å². The van der Waals surface area contributed by atoms with Gasteiger partial charge < -0.3 is 12.9 Å². The number of halogens is 3. The first-order chi connectivity index (χ1) is 6.01. The fraction of sp³-hybridized carbons (Fsp3) is 0.143. The Balaban J connectivity index is 0.00000169. The summed E-state index contributed by atoms with van der Waals surface area (Å²) in [6.45, 7) is -4.87. The number of nitrogens with zero attached hydrogens (tertiary/aromatic N) is 2. The molecule has 0 aromatic carbocycles. The van der Waals surface area contributed by atoms with Crippen molar-refractivity contribution in [2.75, 3.05) is 0 Å². The summed E-state index contributed by atoms with van der Waals surface area (Å²) in [4.78, 5) is 3.52.